The van der Waals surface area contributed by atoms with Crippen molar-refractivity contribution in [2.45, 2.75) is 76.9 Å². The van der Waals surface area contributed by atoms with Crippen molar-refractivity contribution in [1.82, 2.24) is 20.4 Å². The minimum Gasteiger partial charge on any atom is -0.322 e. The Balaban J connectivity index is 1.14. The minimum atomic E-state index is -0.548. The maximum Gasteiger partial charge on any atom is 0.255 e. The molecule has 2 N–H and O–H groups in total. The largest absolute Gasteiger partial charge is 0.322 e. The molecule has 0 aromatic heterocycles. The summed E-state index contributed by atoms with van der Waals surface area (Å²) in [6, 6.07) is 5.67. The summed E-state index contributed by atoms with van der Waals surface area (Å²) < 4.78 is 0. The van der Waals surface area contributed by atoms with Crippen LogP contribution in [-0.4, -0.2) is 59.7 Å². The number of rotatable bonds is 7. The van der Waals surface area contributed by atoms with Gasteiger partial charge in [-0.15, -0.1) is 0 Å². The molecular weight excluding hydrogens is 428 g/mol. The van der Waals surface area contributed by atoms with E-state index in [1.807, 2.05) is 12.1 Å². The Hall–Kier alpha value is -2.25. The molecule has 0 aliphatic carbocycles. The van der Waals surface area contributed by atoms with E-state index < -0.39 is 6.04 Å². The molecule has 0 radical (unpaired) electrons. The fraction of sp³-hybridized carbons (Fsp3) is 0.667. The van der Waals surface area contributed by atoms with Crippen LogP contribution in [0.3, 0.4) is 0 Å². The highest BCUT2D eigenvalue weighted by Gasteiger charge is 2.39. The second kappa shape index (κ2) is 10.6. The molecule has 0 bridgehead atoms. The fourth-order valence-electron chi connectivity index (χ4n) is 6.35. The van der Waals surface area contributed by atoms with Gasteiger partial charge in [-0.1, -0.05) is 18.6 Å². The van der Waals surface area contributed by atoms with Crippen molar-refractivity contribution in [3.05, 3.63) is 34.9 Å². The van der Waals surface area contributed by atoms with Crippen molar-refractivity contribution in [2.24, 2.45) is 11.8 Å². The average Bonchev–Trinajstić information content (AvgIpc) is 3.16. The molecule has 3 amide bonds. The van der Waals surface area contributed by atoms with Crippen LogP contribution in [-0.2, 0) is 22.7 Å². The van der Waals surface area contributed by atoms with E-state index in [0.29, 0.717) is 13.0 Å². The molecule has 184 valence electrons. The summed E-state index contributed by atoms with van der Waals surface area (Å²) in [6.45, 7) is 5.99. The molecule has 3 unspecified atom stereocenters. The molecule has 4 heterocycles. The quantitative estimate of drug-likeness (QED) is 0.604. The lowest BCUT2D eigenvalue weighted by Crippen LogP contribution is -2.52. The van der Waals surface area contributed by atoms with Gasteiger partial charge in [0.05, 0.1) is 0 Å². The highest BCUT2D eigenvalue weighted by molar-refractivity contribution is 6.05. The van der Waals surface area contributed by atoms with E-state index >= 15 is 0 Å². The number of piperidine rings is 3. The molecule has 5 rings (SSSR count). The Morgan fingerprint density at radius 2 is 1.85 bits per heavy atom. The molecule has 3 fully saturated rings. The molecule has 3 saturated heterocycles. The third kappa shape index (κ3) is 5.36. The number of fused-ring (bicyclic) bond motifs is 1. The summed E-state index contributed by atoms with van der Waals surface area (Å²) in [4.78, 5) is 41.1. The lowest BCUT2D eigenvalue weighted by molar-refractivity contribution is -0.136. The monoisotopic (exact) mass is 466 g/mol. The Morgan fingerprint density at radius 3 is 2.68 bits per heavy atom. The zero-order valence-corrected chi connectivity index (χ0v) is 20.2. The van der Waals surface area contributed by atoms with Gasteiger partial charge in [0.2, 0.25) is 11.8 Å². The van der Waals surface area contributed by atoms with Crippen molar-refractivity contribution in [3.8, 4) is 0 Å². The summed E-state index contributed by atoms with van der Waals surface area (Å²) in [5.41, 5.74) is 2.87. The molecule has 1 aromatic rings. The SMILES string of the molecule is O=C1CCC(N2Cc3ccc(CN4CCCC(CCCC5CCCNC5)C4)cc3C2=O)C(=O)N1. The van der Waals surface area contributed by atoms with E-state index in [9.17, 15) is 14.4 Å². The lowest BCUT2D eigenvalue weighted by atomic mass is 9.88. The number of nitrogens with zero attached hydrogens (tertiary/aromatic N) is 2. The number of hydrogen-bond acceptors (Lipinski definition) is 5. The third-order valence-corrected chi connectivity index (χ3v) is 8.23. The highest BCUT2D eigenvalue weighted by Crippen LogP contribution is 2.30. The van der Waals surface area contributed by atoms with Crippen LogP contribution in [0.15, 0.2) is 18.2 Å². The third-order valence-electron chi connectivity index (χ3n) is 8.23. The Morgan fingerprint density at radius 1 is 1.00 bits per heavy atom. The average molecular weight is 467 g/mol. The summed E-state index contributed by atoms with van der Waals surface area (Å²) in [7, 11) is 0. The first kappa shape index (κ1) is 23.5. The van der Waals surface area contributed by atoms with Crippen molar-refractivity contribution in [2.75, 3.05) is 26.2 Å². The Bertz CT molecular complexity index is 926. The van der Waals surface area contributed by atoms with Gasteiger partial charge in [-0.25, -0.2) is 0 Å². The maximum absolute atomic E-state index is 13.1. The van der Waals surface area contributed by atoms with Gasteiger partial charge >= 0.3 is 0 Å². The van der Waals surface area contributed by atoms with Crippen LogP contribution in [0.4, 0.5) is 0 Å². The first-order chi connectivity index (χ1) is 16.6. The minimum absolute atomic E-state index is 0.0833. The van der Waals surface area contributed by atoms with Gasteiger partial charge < -0.3 is 10.2 Å². The van der Waals surface area contributed by atoms with E-state index in [1.54, 1.807) is 4.90 Å². The molecule has 3 atom stereocenters. The smallest absolute Gasteiger partial charge is 0.255 e. The van der Waals surface area contributed by atoms with Crippen LogP contribution in [0.2, 0.25) is 0 Å². The van der Waals surface area contributed by atoms with Gasteiger partial charge in [0, 0.05) is 31.6 Å². The number of nitrogens with one attached hydrogen (secondary N) is 2. The fourth-order valence-corrected chi connectivity index (χ4v) is 6.35. The van der Waals surface area contributed by atoms with E-state index in [1.165, 1.54) is 63.6 Å². The summed E-state index contributed by atoms with van der Waals surface area (Å²) in [5.74, 6) is 0.969. The van der Waals surface area contributed by atoms with Gasteiger partial charge in [-0.2, -0.15) is 0 Å². The van der Waals surface area contributed by atoms with Gasteiger partial charge in [-0.05, 0) is 93.6 Å². The zero-order chi connectivity index (χ0) is 23.5. The van der Waals surface area contributed by atoms with Crippen LogP contribution in [0.25, 0.3) is 0 Å². The molecular formula is C27H38N4O3. The molecule has 0 spiro atoms. The molecule has 4 aliphatic heterocycles. The second-order valence-corrected chi connectivity index (χ2v) is 10.8. The van der Waals surface area contributed by atoms with Gasteiger partial charge in [0.1, 0.15) is 6.04 Å². The predicted octanol–water partition coefficient (Wildman–Crippen LogP) is 2.83. The van der Waals surface area contributed by atoms with Crippen LogP contribution in [0.5, 0.6) is 0 Å². The topological polar surface area (TPSA) is 81.8 Å². The number of benzene rings is 1. The number of carbonyl (C=O) groups excluding carboxylic acids is 3. The maximum atomic E-state index is 13.1. The number of carbonyl (C=O) groups is 3. The highest BCUT2D eigenvalue weighted by atomic mass is 16.2. The number of imide groups is 1. The lowest BCUT2D eigenvalue weighted by Gasteiger charge is -2.33. The van der Waals surface area contributed by atoms with Crippen LogP contribution >= 0.6 is 0 Å². The summed E-state index contributed by atoms with van der Waals surface area (Å²) >= 11 is 0. The van der Waals surface area contributed by atoms with E-state index in [-0.39, 0.29) is 24.1 Å². The van der Waals surface area contributed by atoms with Gasteiger partial charge in [-0.3, -0.25) is 24.6 Å². The Kier molecular flexibility index (Phi) is 7.30. The molecule has 4 aliphatic rings. The standard InChI is InChI=1S/C27H38N4O3/c32-25-11-10-24(26(33)29-25)31-18-22-9-8-21(14-23(22)27(31)34)17-30-13-3-7-20(16-30)5-1-4-19-6-2-12-28-15-19/h8-9,14,19-20,24,28H,1-7,10-13,15-18H2,(H,29,32,33). The molecule has 7 nitrogen and oxygen atoms in total. The van der Waals surface area contributed by atoms with Gasteiger partial charge in [0.15, 0.2) is 0 Å². The van der Waals surface area contributed by atoms with Crippen LogP contribution < -0.4 is 10.6 Å². The zero-order valence-electron chi connectivity index (χ0n) is 20.2. The molecule has 34 heavy (non-hydrogen) atoms. The molecule has 1 aromatic carbocycles. The first-order valence-corrected chi connectivity index (χ1v) is 13.3. The molecule has 7 heteroatoms. The van der Waals surface area contributed by atoms with E-state index in [2.05, 4.69) is 21.6 Å². The number of amides is 3. The van der Waals surface area contributed by atoms with Crippen molar-refractivity contribution >= 4 is 17.7 Å². The van der Waals surface area contributed by atoms with Crippen molar-refractivity contribution in [1.29, 1.82) is 0 Å². The van der Waals surface area contributed by atoms with Crippen LogP contribution in [0.1, 0.15) is 79.3 Å². The van der Waals surface area contributed by atoms with Crippen molar-refractivity contribution < 1.29 is 14.4 Å². The summed E-state index contributed by atoms with van der Waals surface area (Å²) in [6.07, 6.45) is 10.0. The number of likely N-dealkylation sites (tertiary alicyclic amines) is 1. The van der Waals surface area contributed by atoms with Gasteiger partial charge in [0.25, 0.3) is 5.91 Å². The molecule has 0 saturated carbocycles. The van der Waals surface area contributed by atoms with Crippen LogP contribution in [0, 0.1) is 11.8 Å². The number of hydrogen-bond donors (Lipinski definition) is 2. The first-order valence-electron chi connectivity index (χ1n) is 13.3. The normalized spacial score (nSPS) is 28.2. The van der Waals surface area contributed by atoms with E-state index in [0.717, 1.165) is 42.6 Å². The van der Waals surface area contributed by atoms with E-state index in [4.69, 9.17) is 0 Å². The van der Waals surface area contributed by atoms with Crippen molar-refractivity contribution in [3.63, 3.8) is 0 Å². The Labute approximate surface area is 202 Å². The summed E-state index contributed by atoms with van der Waals surface area (Å²) in [5, 5.41) is 5.91. The second-order valence-electron chi connectivity index (χ2n) is 10.8. The predicted molar refractivity (Wildman–Crippen MR) is 130 cm³/mol.